The molecule has 0 aromatic carbocycles. The topological polar surface area (TPSA) is 126 Å². The number of aromatic nitrogens is 1. The fourth-order valence-electron chi connectivity index (χ4n) is 1.28. The van der Waals surface area contributed by atoms with Crippen LogP contribution in [0.5, 0.6) is 5.88 Å². The summed E-state index contributed by atoms with van der Waals surface area (Å²) in [6, 6.07) is 0.911. The SMILES string of the molecule is C=CC(=O)Nn1c(O)cc(C)c(S(=O)(=O)O)c1=O. The lowest BCUT2D eigenvalue weighted by Gasteiger charge is -2.11. The van der Waals surface area contributed by atoms with Gasteiger partial charge in [-0.05, 0) is 18.6 Å². The van der Waals surface area contributed by atoms with Crippen LogP contribution < -0.4 is 11.0 Å². The van der Waals surface area contributed by atoms with Crippen LogP contribution in [-0.4, -0.2) is 28.7 Å². The van der Waals surface area contributed by atoms with Crippen molar-refractivity contribution in [3.05, 3.63) is 34.6 Å². The number of amides is 1. The summed E-state index contributed by atoms with van der Waals surface area (Å²) in [5, 5.41) is 9.44. The summed E-state index contributed by atoms with van der Waals surface area (Å²) in [5.41, 5.74) is 0.468. The highest BCUT2D eigenvalue weighted by atomic mass is 32.2. The molecule has 3 N–H and O–H groups in total. The van der Waals surface area contributed by atoms with Gasteiger partial charge in [-0.2, -0.15) is 13.1 Å². The van der Waals surface area contributed by atoms with E-state index in [9.17, 15) is 23.1 Å². The Morgan fingerprint density at radius 3 is 2.56 bits per heavy atom. The van der Waals surface area contributed by atoms with Gasteiger partial charge in [0.05, 0.1) is 0 Å². The van der Waals surface area contributed by atoms with Gasteiger partial charge in [0.1, 0.15) is 0 Å². The smallest absolute Gasteiger partial charge is 0.300 e. The number of rotatable bonds is 3. The van der Waals surface area contributed by atoms with Crippen LogP contribution >= 0.6 is 0 Å². The Balaban J connectivity index is 3.61. The van der Waals surface area contributed by atoms with Gasteiger partial charge in [0, 0.05) is 6.07 Å². The molecular weight excluding hydrogens is 264 g/mol. The van der Waals surface area contributed by atoms with E-state index in [-0.39, 0.29) is 5.56 Å². The van der Waals surface area contributed by atoms with E-state index in [1.54, 1.807) is 0 Å². The molecule has 18 heavy (non-hydrogen) atoms. The van der Waals surface area contributed by atoms with Gasteiger partial charge in [-0.15, -0.1) is 0 Å². The number of aryl methyl sites for hydroxylation is 1. The largest absolute Gasteiger partial charge is 0.493 e. The monoisotopic (exact) mass is 274 g/mol. The number of hydrogen-bond donors (Lipinski definition) is 3. The summed E-state index contributed by atoms with van der Waals surface area (Å²) >= 11 is 0. The number of aromatic hydroxyl groups is 1. The molecule has 1 rings (SSSR count). The van der Waals surface area contributed by atoms with Crippen LogP contribution in [0.25, 0.3) is 0 Å². The molecule has 0 aliphatic heterocycles. The summed E-state index contributed by atoms with van der Waals surface area (Å²) in [7, 11) is -4.77. The first kappa shape index (κ1) is 13.9. The average Bonchev–Trinajstić information content (AvgIpc) is 2.21. The number of hydrogen-bond acceptors (Lipinski definition) is 5. The Kier molecular flexibility index (Phi) is 3.58. The third-order valence-corrected chi connectivity index (χ3v) is 3.01. The van der Waals surface area contributed by atoms with Crippen LogP contribution in [-0.2, 0) is 14.9 Å². The average molecular weight is 274 g/mol. The lowest BCUT2D eigenvalue weighted by molar-refractivity contribution is -0.112. The van der Waals surface area contributed by atoms with E-state index in [4.69, 9.17) is 4.55 Å². The molecule has 1 aromatic heterocycles. The van der Waals surface area contributed by atoms with Crippen molar-refractivity contribution in [2.45, 2.75) is 11.8 Å². The lowest BCUT2D eigenvalue weighted by Crippen LogP contribution is -2.35. The fraction of sp³-hybridized carbons (Fsp3) is 0.111. The molecule has 0 bridgehead atoms. The summed E-state index contributed by atoms with van der Waals surface area (Å²) in [4.78, 5) is 21.8. The molecule has 0 fully saturated rings. The Morgan fingerprint density at radius 2 is 2.11 bits per heavy atom. The van der Waals surface area contributed by atoms with Crippen molar-refractivity contribution in [1.29, 1.82) is 0 Å². The van der Waals surface area contributed by atoms with E-state index in [1.165, 1.54) is 6.92 Å². The van der Waals surface area contributed by atoms with Gasteiger partial charge in [-0.25, -0.2) is 0 Å². The molecule has 1 amide bonds. The maximum absolute atomic E-state index is 11.7. The molecule has 0 saturated carbocycles. The quantitative estimate of drug-likeness (QED) is 0.497. The van der Waals surface area contributed by atoms with Gasteiger partial charge in [0.25, 0.3) is 21.6 Å². The van der Waals surface area contributed by atoms with Gasteiger partial charge in [-0.3, -0.25) is 19.6 Å². The van der Waals surface area contributed by atoms with Gasteiger partial charge in [0.2, 0.25) is 5.88 Å². The van der Waals surface area contributed by atoms with Crippen molar-refractivity contribution >= 4 is 16.0 Å². The van der Waals surface area contributed by atoms with E-state index in [0.717, 1.165) is 12.1 Å². The molecule has 0 unspecified atom stereocenters. The predicted molar refractivity (Wildman–Crippen MR) is 61.5 cm³/mol. The number of pyridine rings is 1. The maximum atomic E-state index is 11.7. The first-order valence-corrected chi connectivity index (χ1v) is 5.99. The molecule has 1 aromatic rings. The van der Waals surface area contributed by atoms with Crippen LogP contribution in [0, 0.1) is 6.92 Å². The van der Waals surface area contributed by atoms with E-state index in [0.29, 0.717) is 4.68 Å². The van der Waals surface area contributed by atoms with E-state index < -0.39 is 32.4 Å². The Bertz CT molecular complexity index is 673. The van der Waals surface area contributed by atoms with Gasteiger partial charge in [0.15, 0.2) is 4.90 Å². The van der Waals surface area contributed by atoms with Crippen molar-refractivity contribution in [1.82, 2.24) is 4.68 Å². The molecule has 0 atom stereocenters. The third-order valence-electron chi connectivity index (χ3n) is 2.00. The van der Waals surface area contributed by atoms with E-state index in [2.05, 4.69) is 6.58 Å². The van der Waals surface area contributed by atoms with Crippen LogP contribution in [0.4, 0.5) is 0 Å². The van der Waals surface area contributed by atoms with Crippen LogP contribution in [0.1, 0.15) is 5.56 Å². The number of carbonyl (C=O) groups excluding carboxylic acids is 1. The number of nitrogens with one attached hydrogen (secondary N) is 1. The molecule has 0 spiro atoms. The van der Waals surface area contributed by atoms with Crippen molar-refractivity contribution in [2.75, 3.05) is 5.43 Å². The zero-order chi connectivity index (χ0) is 14.1. The predicted octanol–water partition coefficient (Wildman–Crippen LogP) is -0.635. The molecule has 1 heterocycles. The van der Waals surface area contributed by atoms with E-state index >= 15 is 0 Å². The zero-order valence-electron chi connectivity index (χ0n) is 9.24. The number of carbonyl (C=O) groups is 1. The molecular formula is C9H10N2O6S. The highest BCUT2D eigenvalue weighted by Gasteiger charge is 2.22. The van der Waals surface area contributed by atoms with E-state index in [1.807, 2.05) is 5.43 Å². The Morgan fingerprint density at radius 1 is 1.56 bits per heavy atom. The molecule has 0 aliphatic rings. The summed E-state index contributed by atoms with van der Waals surface area (Å²) < 4.78 is 31.2. The molecule has 9 heteroatoms. The lowest BCUT2D eigenvalue weighted by atomic mass is 10.3. The minimum atomic E-state index is -4.77. The minimum absolute atomic E-state index is 0.149. The van der Waals surface area contributed by atoms with Crippen molar-refractivity contribution < 1.29 is 22.9 Å². The summed E-state index contributed by atoms with van der Waals surface area (Å²) in [6.45, 7) is 4.34. The second-order valence-corrected chi connectivity index (χ2v) is 4.67. The van der Waals surface area contributed by atoms with Gasteiger partial charge in [-0.1, -0.05) is 6.58 Å². The Hall–Kier alpha value is -2.13. The second kappa shape index (κ2) is 4.63. The molecule has 98 valence electrons. The molecule has 0 saturated heterocycles. The fourth-order valence-corrected chi connectivity index (χ4v) is 2.05. The zero-order valence-corrected chi connectivity index (χ0v) is 10.1. The number of nitrogens with zero attached hydrogens (tertiary/aromatic N) is 1. The standard InChI is InChI=1S/C9H10N2O6S/c1-3-6(12)10-11-7(13)4-5(2)8(9(11)14)18(15,16)17/h3-4,13H,1H2,2H3,(H,10,12)(H,15,16,17). The van der Waals surface area contributed by atoms with Gasteiger partial charge < -0.3 is 5.11 Å². The highest BCUT2D eigenvalue weighted by Crippen LogP contribution is 2.15. The molecule has 0 aliphatic carbocycles. The van der Waals surface area contributed by atoms with Crippen molar-refractivity contribution in [3.63, 3.8) is 0 Å². The van der Waals surface area contributed by atoms with Crippen LogP contribution in [0.2, 0.25) is 0 Å². The van der Waals surface area contributed by atoms with Crippen LogP contribution in [0.15, 0.2) is 28.4 Å². The highest BCUT2D eigenvalue weighted by molar-refractivity contribution is 7.85. The molecule has 8 nitrogen and oxygen atoms in total. The summed E-state index contributed by atoms with van der Waals surface area (Å²) in [6.07, 6.45) is 0.818. The van der Waals surface area contributed by atoms with Crippen molar-refractivity contribution in [2.24, 2.45) is 0 Å². The maximum Gasteiger partial charge on any atom is 0.300 e. The minimum Gasteiger partial charge on any atom is -0.493 e. The van der Waals surface area contributed by atoms with Crippen LogP contribution in [0.3, 0.4) is 0 Å². The Labute approximate surface area is 102 Å². The first-order valence-electron chi connectivity index (χ1n) is 4.55. The van der Waals surface area contributed by atoms with Gasteiger partial charge >= 0.3 is 0 Å². The van der Waals surface area contributed by atoms with Crippen molar-refractivity contribution in [3.8, 4) is 5.88 Å². The first-order chi connectivity index (χ1) is 8.18. The summed E-state index contributed by atoms with van der Waals surface area (Å²) in [5.74, 6) is -1.52. The third kappa shape index (κ3) is 2.57. The second-order valence-electron chi connectivity index (χ2n) is 3.31. The normalized spacial score (nSPS) is 11.0. The molecule has 0 radical (unpaired) electrons.